The van der Waals surface area contributed by atoms with Gasteiger partial charge in [-0.1, -0.05) is 32.1 Å². The van der Waals surface area contributed by atoms with E-state index in [-0.39, 0.29) is 12.5 Å². The maximum Gasteiger partial charge on any atom is 0.242 e. The number of carbonyl (C=O) groups excluding carboxylic acids is 3. The Morgan fingerprint density at radius 1 is 1.21 bits per heavy atom. The van der Waals surface area contributed by atoms with Gasteiger partial charge in [-0.3, -0.25) is 14.4 Å². The molecule has 0 aromatic heterocycles. The van der Waals surface area contributed by atoms with E-state index in [2.05, 4.69) is 5.32 Å². The molecular weight excluding hydrogens is 310 g/mol. The largest absolute Gasteiger partial charge is 0.368 e. The zero-order valence-corrected chi connectivity index (χ0v) is 14.7. The third-order valence-corrected chi connectivity index (χ3v) is 4.91. The number of hydrogen-bond acceptors (Lipinski definition) is 5. The number of primary amides is 1. The first-order valence-electron chi connectivity index (χ1n) is 8.58. The first-order valence-corrected chi connectivity index (χ1v) is 8.58. The van der Waals surface area contributed by atoms with Crippen LogP contribution in [0.4, 0.5) is 0 Å². The van der Waals surface area contributed by atoms with Gasteiger partial charge in [-0.2, -0.15) is 0 Å². The molecule has 0 bridgehead atoms. The van der Waals surface area contributed by atoms with Crippen LogP contribution in [0.25, 0.3) is 0 Å². The first-order chi connectivity index (χ1) is 11.3. The Morgan fingerprint density at radius 2 is 1.79 bits per heavy atom. The topological polar surface area (TPSA) is 145 Å². The molecule has 0 radical (unpaired) electrons. The van der Waals surface area contributed by atoms with Crippen molar-refractivity contribution in [3.63, 3.8) is 0 Å². The van der Waals surface area contributed by atoms with Gasteiger partial charge in [-0.15, -0.1) is 0 Å². The van der Waals surface area contributed by atoms with Gasteiger partial charge in [0.2, 0.25) is 17.7 Å². The fourth-order valence-electron chi connectivity index (χ4n) is 3.17. The Bertz CT molecular complexity index is 451. The van der Waals surface area contributed by atoms with Crippen LogP contribution in [0.5, 0.6) is 0 Å². The number of nitrogens with one attached hydrogen (secondary N) is 1. The van der Waals surface area contributed by atoms with E-state index in [9.17, 15) is 14.4 Å². The van der Waals surface area contributed by atoms with Crippen molar-refractivity contribution in [2.75, 3.05) is 13.6 Å². The Balaban J connectivity index is 2.64. The molecule has 7 N–H and O–H groups in total. The van der Waals surface area contributed by atoms with Crippen molar-refractivity contribution in [2.24, 2.45) is 23.1 Å². The molecule has 1 aliphatic rings. The molecule has 0 aromatic rings. The van der Waals surface area contributed by atoms with Crippen LogP contribution in [0.2, 0.25) is 0 Å². The van der Waals surface area contributed by atoms with Gasteiger partial charge in [0.15, 0.2) is 0 Å². The number of likely N-dealkylation sites (N-methyl/N-ethyl adjacent to an activating group) is 1. The molecule has 8 nitrogen and oxygen atoms in total. The van der Waals surface area contributed by atoms with E-state index in [4.69, 9.17) is 17.2 Å². The quantitative estimate of drug-likeness (QED) is 0.450. The van der Waals surface area contributed by atoms with Gasteiger partial charge >= 0.3 is 0 Å². The minimum absolute atomic E-state index is 0.179. The van der Waals surface area contributed by atoms with Crippen LogP contribution in [0.3, 0.4) is 0 Å². The van der Waals surface area contributed by atoms with Crippen molar-refractivity contribution in [1.29, 1.82) is 0 Å². The molecular formula is C16H31N5O3. The molecule has 0 saturated heterocycles. The van der Waals surface area contributed by atoms with Gasteiger partial charge in [-0.25, -0.2) is 0 Å². The molecule has 0 unspecified atom stereocenters. The Hall–Kier alpha value is -1.67. The fourth-order valence-corrected chi connectivity index (χ4v) is 3.17. The SMILES string of the molecule is C[C@@H]([C@H](NC(=O)[C@@H](N)CC1CCCCC1)C(N)=O)N(C)C(=O)CN. The van der Waals surface area contributed by atoms with Crippen molar-refractivity contribution in [3.8, 4) is 0 Å². The molecule has 0 spiro atoms. The van der Waals surface area contributed by atoms with Gasteiger partial charge in [-0.05, 0) is 19.3 Å². The number of hydrogen-bond donors (Lipinski definition) is 4. The van der Waals surface area contributed by atoms with Crippen LogP contribution >= 0.6 is 0 Å². The second-order valence-electron chi connectivity index (χ2n) is 6.68. The molecule has 1 aliphatic carbocycles. The van der Waals surface area contributed by atoms with Crippen LogP contribution in [0.1, 0.15) is 45.4 Å². The highest BCUT2D eigenvalue weighted by Crippen LogP contribution is 2.27. The van der Waals surface area contributed by atoms with E-state index in [1.165, 1.54) is 31.2 Å². The Kier molecular flexibility index (Phi) is 8.14. The normalized spacial score (nSPS) is 19.2. The van der Waals surface area contributed by atoms with Crippen molar-refractivity contribution in [3.05, 3.63) is 0 Å². The summed E-state index contributed by atoms with van der Waals surface area (Å²) in [5, 5.41) is 2.59. The third kappa shape index (κ3) is 5.76. The zero-order chi connectivity index (χ0) is 18.3. The smallest absolute Gasteiger partial charge is 0.242 e. The van der Waals surface area contributed by atoms with Crippen LogP contribution in [-0.2, 0) is 14.4 Å². The summed E-state index contributed by atoms with van der Waals surface area (Å²) in [5.74, 6) is -1.01. The zero-order valence-electron chi connectivity index (χ0n) is 14.7. The molecule has 8 heteroatoms. The van der Waals surface area contributed by atoms with Crippen LogP contribution in [0, 0.1) is 5.92 Å². The Morgan fingerprint density at radius 3 is 2.29 bits per heavy atom. The summed E-state index contributed by atoms with van der Waals surface area (Å²) >= 11 is 0. The van der Waals surface area contributed by atoms with E-state index >= 15 is 0 Å². The van der Waals surface area contributed by atoms with E-state index in [1.54, 1.807) is 6.92 Å². The van der Waals surface area contributed by atoms with Crippen LogP contribution in [-0.4, -0.2) is 54.3 Å². The maximum atomic E-state index is 12.3. The summed E-state index contributed by atoms with van der Waals surface area (Å²) in [6, 6.07) is -2.29. The number of nitrogens with zero attached hydrogens (tertiary/aromatic N) is 1. The molecule has 1 rings (SSSR count). The second-order valence-corrected chi connectivity index (χ2v) is 6.68. The fraction of sp³-hybridized carbons (Fsp3) is 0.812. The van der Waals surface area contributed by atoms with Crippen molar-refractivity contribution >= 4 is 17.7 Å². The first kappa shape index (κ1) is 20.4. The van der Waals surface area contributed by atoms with Crippen molar-refractivity contribution < 1.29 is 14.4 Å². The number of nitrogens with two attached hydrogens (primary N) is 3. The summed E-state index contributed by atoms with van der Waals surface area (Å²) in [5.41, 5.74) is 16.7. The van der Waals surface area contributed by atoms with Crippen LogP contribution < -0.4 is 22.5 Å². The van der Waals surface area contributed by atoms with Gasteiger partial charge < -0.3 is 27.4 Å². The standard InChI is InChI=1S/C16H31N5O3/c1-10(21(2)13(22)9-17)14(15(19)23)20-16(24)12(18)8-11-6-4-3-5-7-11/h10-12,14H,3-9,17-18H2,1-2H3,(H2,19,23)(H,20,24)/t10-,12-,14-/m0/s1. The molecule has 1 saturated carbocycles. The van der Waals surface area contributed by atoms with Gasteiger partial charge in [0, 0.05) is 7.05 Å². The highest BCUT2D eigenvalue weighted by atomic mass is 16.2. The van der Waals surface area contributed by atoms with Crippen molar-refractivity contribution in [2.45, 2.75) is 63.6 Å². The average molecular weight is 341 g/mol. The molecule has 0 aliphatic heterocycles. The highest BCUT2D eigenvalue weighted by molar-refractivity contribution is 5.90. The summed E-state index contributed by atoms with van der Waals surface area (Å²) in [7, 11) is 1.52. The maximum absolute atomic E-state index is 12.3. The van der Waals surface area contributed by atoms with Gasteiger partial charge in [0.1, 0.15) is 6.04 Å². The summed E-state index contributed by atoms with van der Waals surface area (Å²) in [6.07, 6.45) is 6.36. The average Bonchev–Trinajstić information content (AvgIpc) is 2.57. The highest BCUT2D eigenvalue weighted by Gasteiger charge is 2.31. The van der Waals surface area contributed by atoms with E-state index in [0.29, 0.717) is 12.3 Å². The lowest BCUT2D eigenvalue weighted by molar-refractivity contribution is -0.135. The molecule has 3 amide bonds. The van der Waals surface area contributed by atoms with Crippen molar-refractivity contribution in [1.82, 2.24) is 10.2 Å². The number of amides is 3. The molecule has 138 valence electrons. The van der Waals surface area contributed by atoms with Gasteiger partial charge in [0.25, 0.3) is 0 Å². The minimum Gasteiger partial charge on any atom is -0.368 e. The second kappa shape index (κ2) is 9.58. The van der Waals surface area contributed by atoms with E-state index in [0.717, 1.165) is 12.8 Å². The van der Waals surface area contributed by atoms with E-state index < -0.39 is 29.9 Å². The lowest BCUT2D eigenvalue weighted by atomic mass is 9.85. The summed E-state index contributed by atoms with van der Waals surface area (Å²) in [4.78, 5) is 37.0. The van der Waals surface area contributed by atoms with E-state index in [1.807, 2.05) is 0 Å². The summed E-state index contributed by atoms with van der Waals surface area (Å²) in [6.45, 7) is 1.46. The Labute approximate surface area is 143 Å². The third-order valence-electron chi connectivity index (χ3n) is 4.91. The predicted octanol–water partition coefficient (Wildman–Crippen LogP) is -0.940. The molecule has 0 aromatic carbocycles. The summed E-state index contributed by atoms with van der Waals surface area (Å²) < 4.78 is 0. The number of carbonyl (C=O) groups is 3. The van der Waals surface area contributed by atoms with Gasteiger partial charge in [0.05, 0.1) is 18.6 Å². The van der Waals surface area contributed by atoms with Crippen LogP contribution in [0.15, 0.2) is 0 Å². The lowest BCUT2D eigenvalue weighted by Gasteiger charge is -2.31. The molecule has 24 heavy (non-hydrogen) atoms. The number of rotatable bonds is 8. The molecule has 3 atom stereocenters. The molecule has 1 fully saturated rings. The molecule has 0 heterocycles. The lowest BCUT2D eigenvalue weighted by Crippen LogP contribution is -2.59. The monoisotopic (exact) mass is 341 g/mol. The minimum atomic E-state index is -1.00. The predicted molar refractivity (Wildman–Crippen MR) is 91.6 cm³/mol.